The SMILES string of the molecule is Cc1nn(-c2ccccc2)c(COC(=O)c2cc(=O)[nH]c3ccccc23)c1C#N. The lowest BCUT2D eigenvalue weighted by molar-refractivity contribution is 0.0467. The molecule has 0 fully saturated rings. The summed E-state index contributed by atoms with van der Waals surface area (Å²) in [6.07, 6.45) is 0. The number of benzene rings is 2. The molecule has 0 spiro atoms. The molecule has 0 aliphatic carbocycles. The second-order valence-electron chi connectivity index (χ2n) is 6.44. The van der Waals surface area contributed by atoms with E-state index in [1.165, 1.54) is 6.07 Å². The van der Waals surface area contributed by atoms with Crippen LogP contribution in [-0.2, 0) is 11.3 Å². The summed E-state index contributed by atoms with van der Waals surface area (Å²) in [7, 11) is 0. The van der Waals surface area contributed by atoms with Gasteiger partial charge in [-0.05, 0) is 25.1 Å². The maximum Gasteiger partial charge on any atom is 0.339 e. The highest BCUT2D eigenvalue weighted by molar-refractivity contribution is 6.03. The fourth-order valence-corrected chi connectivity index (χ4v) is 3.22. The molecule has 29 heavy (non-hydrogen) atoms. The molecule has 7 heteroatoms. The van der Waals surface area contributed by atoms with Crippen molar-refractivity contribution in [3.8, 4) is 11.8 Å². The average Bonchev–Trinajstić information content (AvgIpc) is 3.07. The molecule has 0 aliphatic rings. The highest BCUT2D eigenvalue weighted by Gasteiger charge is 2.19. The third-order valence-corrected chi connectivity index (χ3v) is 4.58. The second-order valence-corrected chi connectivity index (χ2v) is 6.44. The summed E-state index contributed by atoms with van der Waals surface area (Å²) < 4.78 is 7.09. The average molecular weight is 384 g/mol. The van der Waals surface area contributed by atoms with E-state index in [9.17, 15) is 14.9 Å². The van der Waals surface area contributed by atoms with Gasteiger partial charge in [-0.3, -0.25) is 4.79 Å². The molecule has 7 nitrogen and oxygen atoms in total. The standard InChI is InChI=1S/C22H16N4O3/c1-14-18(12-23)20(26(25-14)15-7-3-2-4-8-15)13-29-22(28)17-11-21(27)24-19-10-6-5-9-16(17)19/h2-11H,13H2,1H3,(H,24,27). The number of ether oxygens (including phenoxy) is 1. The number of aryl methyl sites for hydroxylation is 1. The van der Waals surface area contributed by atoms with Crippen LogP contribution >= 0.6 is 0 Å². The summed E-state index contributed by atoms with van der Waals surface area (Å²) in [5, 5.41) is 14.5. The van der Waals surface area contributed by atoms with Crippen LogP contribution in [0.4, 0.5) is 0 Å². The predicted octanol–water partition coefficient (Wildman–Crippen LogP) is 3.25. The number of aromatic amines is 1. The van der Waals surface area contributed by atoms with Gasteiger partial charge >= 0.3 is 5.97 Å². The van der Waals surface area contributed by atoms with Crippen molar-refractivity contribution in [3.63, 3.8) is 0 Å². The van der Waals surface area contributed by atoms with Crippen LogP contribution in [-0.4, -0.2) is 20.7 Å². The van der Waals surface area contributed by atoms with E-state index in [4.69, 9.17) is 4.74 Å². The third-order valence-electron chi connectivity index (χ3n) is 4.58. The van der Waals surface area contributed by atoms with Gasteiger partial charge in [0.15, 0.2) is 0 Å². The number of rotatable bonds is 4. The molecule has 0 saturated carbocycles. The number of nitriles is 1. The van der Waals surface area contributed by atoms with Gasteiger partial charge in [0.05, 0.1) is 22.6 Å². The van der Waals surface area contributed by atoms with Crippen molar-refractivity contribution in [2.75, 3.05) is 0 Å². The van der Waals surface area contributed by atoms with Crippen molar-refractivity contribution in [3.05, 3.63) is 93.5 Å². The van der Waals surface area contributed by atoms with E-state index in [0.717, 1.165) is 5.69 Å². The van der Waals surface area contributed by atoms with Crippen molar-refractivity contribution in [1.82, 2.24) is 14.8 Å². The van der Waals surface area contributed by atoms with E-state index < -0.39 is 11.5 Å². The van der Waals surface area contributed by atoms with E-state index in [2.05, 4.69) is 16.2 Å². The number of esters is 1. The van der Waals surface area contributed by atoms with Gasteiger partial charge in [0, 0.05) is 17.0 Å². The van der Waals surface area contributed by atoms with Gasteiger partial charge in [-0.25, -0.2) is 9.48 Å². The number of pyridine rings is 1. The Morgan fingerprint density at radius 3 is 2.66 bits per heavy atom. The quantitative estimate of drug-likeness (QED) is 0.544. The van der Waals surface area contributed by atoms with Crippen LogP contribution < -0.4 is 5.56 Å². The summed E-state index contributed by atoms with van der Waals surface area (Å²) in [6, 6.07) is 19.6. The normalized spacial score (nSPS) is 10.6. The Bertz CT molecular complexity index is 1310. The predicted molar refractivity (Wildman–Crippen MR) is 107 cm³/mol. The number of carbonyl (C=O) groups excluding carboxylic acids is 1. The largest absolute Gasteiger partial charge is 0.456 e. The minimum absolute atomic E-state index is 0.154. The monoisotopic (exact) mass is 384 g/mol. The van der Waals surface area contributed by atoms with Crippen LogP contribution in [0.5, 0.6) is 0 Å². The van der Waals surface area contributed by atoms with Crippen LogP contribution in [0.25, 0.3) is 16.6 Å². The zero-order chi connectivity index (χ0) is 20.4. The van der Waals surface area contributed by atoms with Crippen molar-refractivity contribution < 1.29 is 9.53 Å². The molecule has 0 bridgehead atoms. The first kappa shape index (κ1) is 18.2. The number of H-pyrrole nitrogens is 1. The van der Waals surface area contributed by atoms with Crippen LogP contribution in [0.2, 0.25) is 0 Å². The van der Waals surface area contributed by atoms with E-state index in [-0.39, 0.29) is 12.2 Å². The smallest absolute Gasteiger partial charge is 0.339 e. The zero-order valence-corrected chi connectivity index (χ0v) is 15.5. The number of carbonyl (C=O) groups is 1. The Kier molecular flexibility index (Phi) is 4.67. The van der Waals surface area contributed by atoms with E-state index in [1.807, 2.05) is 30.3 Å². The van der Waals surface area contributed by atoms with Crippen molar-refractivity contribution in [1.29, 1.82) is 5.26 Å². The lowest BCUT2D eigenvalue weighted by atomic mass is 10.1. The molecule has 0 saturated heterocycles. The minimum atomic E-state index is -0.644. The van der Waals surface area contributed by atoms with Gasteiger partial charge < -0.3 is 9.72 Å². The molecule has 2 aromatic heterocycles. The summed E-state index contributed by atoms with van der Waals surface area (Å²) in [6.45, 7) is 1.58. The van der Waals surface area contributed by atoms with E-state index in [0.29, 0.717) is 27.9 Å². The van der Waals surface area contributed by atoms with Crippen LogP contribution in [0.15, 0.2) is 65.5 Å². The lowest BCUT2D eigenvalue weighted by Gasteiger charge is -2.10. The molecule has 4 rings (SSSR count). The second kappa shape index (κ2) is 7.44. The molecule has 0 unspecified atom stereocenters. The molecule has 0 aliphatic heterocycles. The van der Waals surface area contributed by atoms with Crippen molar-refractivity contribution >= 4 is 16.9 Å². The van der Waals surface area contributed by atoms with E-state index in [1.54, 1.807) is 35.9 Å². The molecule has 1 N–H and O–H groups in total. The third kappa shape index (κ3) is 3.39. The van der Waals surface area contributed by atoms with Gasteiger partial charge in [0.1, 0.15) is 18.2 Å². The van der Waals surface area contributed by atoms with Crippen molar-refractivity contribution in [2.45, 2.75) is 13.5 Å². The Morgan fingerprint density at radius 2 is 1.90 bits per heavy atom. The molecular formula is C22H16N4O3. The first-order chi connectivity index (χ1) is 14.1. The summed E-state index contributed by atoms with van der Waals surface area (Å²) in [4.78, 5) is 27.3. The van der Waals surface area contributed by atoms with Crippen LogP contribution in [0.3, 0.4) is 0 Å². The Balaban J connectivity index is 1.69. The maximum atomic E-state index is 12.8. The molecule has 2 heterocycles. The van der Waals surface area contributed by atoms with Gasteiger partial charge in [0.25, 0.3) is 0 Å². The van der Waals surface area contributed by atoms with E-state index >= 15 is 0 Å². The molecule has 0 radical (unpaired) electrons. The van der Waals surface area contributed by atoms with Gasteiger partial charge in [0.2, 0.25) is 5.56 Å². The number of hydrogen-bond acceptors (Lipinski definition) is 5. The Labute approximate surface area is 165 Å². The first-order valence-electron chi connectivity index (χ1n) is 8.91. The number of nitrogens with zero attached hydrogens (tertiary/aromatic N) is 3. The Hall–Kier alpha value is -4.18. The number of para-hydroxylation sites is 2. The molecular weight excluding hydrogens is 368 g/mol. The minimum Gasteiger partial charge on any atom is -0.456 e. The number of fused-ring (bicyclic) bond motifs is 1. The van der Waals surface area contributed by atoms with Gasteiger partial charge in [-0.15, -0.1) is 0 Å². The summed E-state index contributed by atoms with van der Waals surface area (Å²) in [5.74, 6) is -0.644. The highest BCUT2D eigenvalue weighted by atomic mass is 16.5. The summed E-state index contributed by atoms with van der Waals surface area (Å²) >= 11 is 0. The molecule has 0 atom stereocenters. The zero-order valence-electron chi connectivity index (χ0n) is 15.5. The number of hydrogen-bond donors (Lipinski definition) is 1. The molecule has 2 aromatic carbocycles. The fourth-order valence-electron chi connectivity index (χ4n) is 3.22. The molecule has 142 valence electrons. The highest BCUT2D eigenvalue weighted by Crippen LogP contribution is 2.21. The van der Waals surface area contributed by atoms with Crippen LogP contribution in [0, 0.1) is 18.3 Å². The van der Waals surface area contributed by atoms with Gasteiger partial charge in [-0.1, -0.05) is 36.4 Å². The van der Waals surface area contributed by atoms with Crippen LogP contribution in [0.1, 0.15) is 27.3 Å². The lowest BCUT2D eigenvalue weighted by Crippen LogP contribution is -2.14. The topological polar surface area (TPSA) is 101 Å². The number of aromatic nitrogens is 3. The van der Waals surface area contributed by atoms with Crippen molar-refractivity contribution in [2.24, 2.45) is 0 Å². The number of nitrogens with one attached hydrogen (secondary N) is 1. The Morgan fingerprint density at radius 1 is 1.17 bits per heavy atom. The first-order valence-corrected chi connectivity index (χ1v) is 8.91. The van der Waals surface area contributed by atoms with Gasteiger partial charge in [-0.2, -0.15) is 10.4 Å². The maximum absolute atomic E-state index is 12.8. The summed E-state index contributed by atoms with van der Waals surface area (Å²) in [5.41, 5.74) is 2.46. The molecule has 0 amide bonds. The fraction of sp³-hybridized carbons (Fsp3) is 0.0909. The molecule has 4 aromatic rings.